The van der Waals surface area contributed by atoms with E-state index >= 15 is 0 Å². The summed E-state index contributed by atoms with van der Waals surface area (Å²) in [5, 5.41) is 0. The van der Waals surface area contributed by atoms with E-state index in [0.717, 1.165) is 25.0 Å². The molecule has 0 aliphatic rings. The lowest BCUT2D eigenvalue weighted by Crippen LogP contribution is -2.22. The molecule has 0 bridgehead atoms. The molecule has 1 rings (SSSR count). The average Bonchev–Trinajstić information content (AvgIpc) is 2.32. The van der Waals surface area contributed by atoms with Gasteiger partial charge in [-0.2, -0.15) is 0 Å². The molecule has 17 heavy (non-hydrogen) atoms. The summed E-state index contributed by atoms with van der Waals surface area (Å²) in [6.45, 7) is 8.57. The van der Waals surface area contributed by atoms with Crippen molar-refractivity contribution in [1.82, 2.24) is 0 Å². The van der Waals surface area contributed by atoms with E-state index in [1.54, 1.807) is 0 Å². The van der Waals surface area contributed by atoms with Crippen LogP contribution in [0.15, 0.2) is 30.9 Å². The molecule has 0 saturated heterocycles. The zero-order chi connectivity index (χ0) is 12.7. The van der Waals surface area contributed by atoms with Crippen LogP contribution in [0.25, 0.3) is 0 Å². The molecular weight excluding hydrogens is 210 g/mol. The molecule has 0 aliphatic carbocycles. The first-order valence-corrected chi connectivity index (χ1v) is 6.26. The van der Waals surface area contributed by atoms with Gasteiger partial charge in [-0.15, -0.1) is 6.58 Å². The normalized spacial score (nSPS) is 12.2. The lowest BCUT2D eigenvalue weighted by molar-refractivity contribution is 0.318. The summed E-state index contributed by atoms with van der Waals surface area (Å²) in [5.41, 5.74) is 8.39. The summed E-state index contributed by atoms with van der Waals surface area (Å²) < 4.78 is 5.83. The van der Waals surface area contributed by atoms with Crippen molar-refractivity contribution in [2.75, 3.05) is 6.61 Å². The summed E-state index contributed by atoms with van der Waals surface area (Å²) in [6, 6.07) is 6.45. The third-order valence-electron chi connectivity index (χ3n) is 2.87. The van der Waals surface area contributed by atoms with Crippen LogP contribution in [-0.2, 0) is 6.42 Å². The van der Waals surface area contributed by atoms with Crippen LogP contribution >= 0.6 is 0 Å². The zero-order valence-electron chi connectivity index (χ0n) is 10.9. The third-order valence-corrected chi connectivity index (χ3v) is 2.87. The number of ether oxygens (including phenoxy) is 1. The fraction of sp³-hybridized carbons (Fsp3) is 0.467. The Labute approximate surface area is 104 Å². The second-order valence-electron chi connectivity index (χ2n) is 4.36. The van der Waals surface area contributed by atoms with Gasteiger partial charge in [0.15, 0.2) is 0 Å². The highest BCUT2D eigenvalue weighted by Crippen LogP contribution is 2.25. The number of aryl methyl sites for hydroxylation is 1. The molecule has 2 nitrogen and oxygen atoms in total. The van der Waals surface area contributed by atoms with Crippen LogP contribution < -0.4 is 10.5 Å². The highest BCUT2D eigenvalue weighted by molar-refractivity contribution is 5.41. The number of nitrogens with two attached hydrogens (primary N) is 1. The fourth-order valence-electron chi connectivity index (χ4n) is 1.75. The first kappa shape index (κ1) is 13.8. The van der Waals surface area contributed by atoms with E-state index in [9.17, 15) is 0 Å². The Kier molecular flexibility index (Phi) is 5.78. The Morgan fingerprint density at radius 3 is 2.88 bits per heavy atom. The van der Waals surface area contributed by atoms with Gasteiger partial charge in [0.25, 0.3) is 0 Å². The van der Waals surface area contributed by atoms with Gasteiger partial charge in [0.2, 0.25) is 0 Å². The first-order valence-electron chi connectivity index (χ1n) is 6.26. The topological polar surface area (TPSA) is 35.2 Å². The maximum absolute atomic E-state index is 6.01. The standard InChI is InChI=1S/C15H23NO/c1-4-6-10-17-15-12(3)8-7-9-13(15)11-14(16)5-2/h4,7-9,14H,1,5-6,10-11,16H2,2-3H3. The van der Waals surface area contributed by atoms with Crippen molar-refractivity contribution in [3.8, 4) is 5.75 Å². The van der Waals surface area contributed by atoms with E-state index in [1.807, 2.05) is 6.08 Å². The summed E-state index contributed by atoms with van der Waals surface area (Å²) >= 11 is 0. The number of benzene rings is 1. The second kappa shape index (κ2) is 7.13. The van der Waals surface area contributed by atoms with Gasteiger partial charge in [-0.05, 0) is 37.3 Å². The number of rotatable bonds is 7. The highest BCUT2D eigenvalue weighted by Gasteiger charge is 2.09. The van der Waals surface area contributed by atoms with Crippen molar-refractivity contribution in [3.05, 3.63) is 42.0 Å². The highest BCUT2D eigenvalue weighted by atomic mass is 16.5. The molecule has 1 aromatic carbocycles. The maximum atomic E-state index is 6.01. The van der Waals surface area contributed by atoms with Crippen molar-refractivity contribution in [3.63, 3.8) is 0 Å². The van der Waals surface area contributed by atoms with Gasteiger partial charge in [-0.1, -0.05) is 31.2 Å². The summed E-state index contributed by atoms with van der Waals surface area (Å²) in [4.78, 5) is 0. The Bertz CT molecular complexity index is 360. The van der Waals surface area contributed by atoms with Crippen molar-refractivity contribution < 1.29 is 4.74 Å². The molecule has 0 spiro atoms. The molecule has 1 aromatic rings. The van der Waals surface area contributed by atoms with Crippen molar-refractivity contribution in [2.45, 2.75) is 39.2 Å². The van der Waals surface area contributed by atoms with Gasteiger partial charge in [-0.3, -0.25) is 0 Å². The van der Waals surface area contributed by atoms with Gasteiger partial charge in [0, 0.05) is 6.04 Å². The van der Waals surface area contributed by atoms with Crippen LogP contribution in [0.5, 0.6) is 5.75 Å². The lowest BCUT2D eigenvalue weighted by Gasteiger charge is -2.16. The number of hydrogen-bond donors (Lipinski definition) is 1. The zero-order valence-corrected chi connectivity index (χ0v) is 10.9. The third kappa shape index (κ3) is 4.23. The Morgan fingerprint density at radius 2 is 2.24 bits per heavy atom. The van der Waals surface area contributed by atoms with Crippen molar-refractivity contribution in [1.29, 1.82) is 0 Å². The van der Waals surface area contributed by atoms with Crippen molar-refractivity contribution in [2.24, 2.45) is 5.73 Å². The van der Waals surface area contributed by atoms with Gasteiger partial charge in [0.1, 0.15) is 5.75 Å². The summed E-state index contributed by atoms with van der Waals surface area (Å²) in [5.74, 6) is 0.998. The molecule has 1 unspecified atom stereocenters. The molecule has 0 saturated carbocycles. The van der Waals surface area contributed by atoms with Gasteiger partial charge >= 0.3 is 0 Å². The summed E-state index contributed by atoms with van der Waals surface area (Å²) in [6.07, 6.45) is 4.60. The van der Waals surface area contributed by atoms with E-state index in [-0.39, 0.29) is 6.04 Å². The minimum absolute atomic E-state index is 0.207. The van der Waals surface area contributed by atoms with E-state index < -0.39 is 0 Å². The van der Waals surface area contributed by atoms with Crippen molar-refractivity contribution >= 4 is 0 Å². The first-order chi connectivity index (χ1) is 8.19. The van der Waals surface area contributed by atoms with E-state index in [2.05, 4.69) is 38.6 Å². The molecule has 2 N–H and O–H groups in total. The molecule has 0 fully saturated rings. The number of para-hydroxylation sites is 1. The van der Waals surface area contributed by atoms with E-state index in [1.165, 1.54) is 11.1 Å². The molecule has 0 heterocycles. The fourth-order valence-corrected chi connectivity index (χ4v) is 1.75. The largest absolute Gasteiger partial charge is 0.493 e. The van der Waals surface area contributed by atoms with E-state index in [4.69, 9.17) is 10.5 Å². The van der Waals surface area contributed by atoms with Crippen LogP contribution in [0.2, 0.25) is 0 Å². The molecular formula is C15H23NO. The molecule has 1 atom stereocenters. The lowest BCUT2D eigenvalue weighted by atomic mass is 10.0. The minimum Gasteiger partial charge on any atom is -0.493 e. The van der Waals surface area contributed by atoms with Gasteiger partial charge < -0.3 is 10.5 Å². The predicted octanol–water partition coefficient (Wildman–Crippen LogP) is 3.23. The van der Waals surface area contributed by atoms with Gasteiger partial charge in [0.05, 0.1) is 6.61 Å². The average molecular weight is 233 g/mol. The Hall–Kier alpha value is -1.28. The monoisotopic (exact) mass is 233 g/mol. The smallest absolute Gasteiger partial charge is 0.125 e. The quantitative estimate of drug-likeness (QED) is 0.579. The van der Waals surface area contributed by atoms with Gasteiger partial charge in [-0.25, -0.2) is 0 Å². The second-order valence-corrected chi connectivity index (χ2v) is 4.36. The summed E-state index contributed by atoms with van der Waals surface area (Å²) in [7, 11) is 0. The SMILES string of the molecule is C=CCCOc1c(C)cccc1CC(N)CC. The molecule has 0 amide bonds. The maximum Gasteiger partial charge on any atom is 0.125 e. The minimum atomic E-state index is 0.207. The molecule has 94 valence electrons. The molecule has 0 radical (unpaired) electrons. The van der Waals surface area contributed by atoms with Crippen LogP contribution in [0.1, 0.15) is 30.9 Å². The Balaban J connectivity index is 2.80. The van der Waals surface area contributed by atoms with Crippen LogP contribution in [0.3, 0.4) is 0 Å². The van der Waals surface area contributed by atoms with E-state index in [0.29, 0.717) is 6.61 Å². The Morgan fingerprint density at radius 1 is 1.47 bits per heavy atom. The van der Waals surface area contributed by atoms with Crippen LogP contribution in [0.4, 0.5) is 0 Å². The number of hydrogen-bond acceptors (Lipinski definition) is 2. The van der Waals surface area contributed by atoms with Crippen LogP contribution in [-0.4, -0.2) is 12.6 Å². The predicted molar refractivity (Wildman–Crippen MR) is 73.5 cm³/mol. The van der Waals surface area contributed by atoms with Crippen LogP contribution in [0, 0.1) is 6.92 Å². The molecule has 2 heteroatoms. The molecule has 0 aromatic heterocycles. The molecule has 0 aliphatic heterocycles.